The maximum Gasteiger partial charge on any atom is 0.338 e. The molecule has 1 amide bonds. The van der Waals surface area contributed by atoms with E-state index in [4.69, 9.17) is 5.11 Å². The average Bonchev–Trinajstić information content (AvgIpc) is 2.85. The number of carboxylic acid groups (broad SMARTS) is 1. The Morgan fingerprint density at radius 1 is 1.16 bits per heavy atom. The van der Waals surface area contributed by atoms with Gasteiger partial charge in [0.2, 0.25) is 5.91 Å². The fraction of sp³-hybridized carbons (Fsp3) is 0.231. The summed E-state index contributed by atoms with van der Waals surface area (Å²) in [5, 5.41) is 11.0. The zero-order valence-corrected chi connectivity index (χ0v) is 9.82. The van der Waals surface area contributed by atoms with Crippen LogP contribution in [0.2, 0.25) is 0 Å². The average molecular weight is 267 g/mol. The first-order valence-corrected chi connectivity index (χ1v) is 5.67. The summed E-state index contributed by atoms with van der Waals surface area (Å²) in [7, 11) is 0. The number of carbonyl (C=O) groups is 2. The molecule has 0 saturated heterocycles. The minimum atomic E-state index is -1.52. The number of nitrogens with one attached hydrogen (secondary N) is 1. The molecule has 2 N–H and O–H groups in total. The molecule has 19 heavy (non-hydrogen) atoms. The Labute approximate surface area is 107 Å². The molecule has 2 rings (SSSR count). The molecule has 1 aromatic carbocycles. The number of rotatable bonds is 3. The molecule has 100 valence electrons. The van der Waals surface area contributed by atoms with Crippen molar-refractivity contribution in [1.29, 1.82) is 0 Å². The van der Waals surface area contributed by atoms with E-state index < -0.39 is 29.1 Å². The molecule has 1 aromatic rings. The van der Waals surface area contributed by atoms with E-state index in [0.717, 1.165) is 6.07 Å². The van der Waals surface area contributed by atoms with Crippen molar-refractivity contribution in [1.82, 2.24) is 0 Å². The zero-order chi connectivity index (χ0) is 14.0. The van der Waals surface area contributed by atoms with Gasteiger partial charge in [-0.3, -0.25) is 4.79 Å². The van der Waals surface area contributed by atoms with E-state index in [1.807, 2.05) is 12.2 Å². The van der Waals surface area contributed by atoms with Crippen LogP contribution in [0.15, 0.2) is 24.3 Å². The summed E-state index contributed by atoms with van der Waals surface area (Å²) in [5.74, 6) is -4.40. The first-order valence-electron chi connectivity index (χ1n) is 5.67. The highest BCUT2D eigenvalue weighted by Crippen LogP contribution is 2.23. The van der Waals surface area contributed by atoms with Gasteiger partial charge in [0.05, 0.1) is 11.3 Å². The summed E-state index contributed by atoms with van der Waals surface area (Å²) < 4.78 is 26.7. The lowest BCUT2D eigenvalue weighted by Crippen LogP contribution is -2.21. The van der Waals surface area contributed by atoms with Crippen molar-refractivity contribution in [2.24, 2.45) is 5.92 Å². The fourth-order valence-corrected chi connectivity index (χ4v) is 1.87. The van der Waals surface area contributed by atoms with Crippen LogP contribution >= 0.6 is 0 Å². The van der Waals surface area contributed by atoms with Gasteiger partial charge >= 0.3 is 5.97 Å². The Bertz CT molecular complexity index is 561. The van der Waals surface area contributed by atoms with Gasteiger partial charge in [0.1, 0.15) is 11.6 Å². The number of anilines is 1. The fourth-order valence-electron chi connectivity index (χ4n) is 1.87. The van der Waals surface area contributed by atoms with Crippen LogP contribution in [0, 0.1) is 17.6 Å². The number of hydrogen-bond donors (Lipinski definition) is 2. The number of hydrogen-bond acceptors (Lipinski definition) is 2. The summed E-state index contributed by atoms with van der Waals surface area (Å²) in [6, 6.07) is 1.24. The lowest BCUT2D eigenvalue weighted by molar-refractivity contribution is -0.119. The van der Waals surface area contributed by atoms with E-state index in [2.05, 4.69) is 5.32 Å². The molecule has 0 spiro atoms. The highest BCUT2D eigenvalue weighted by molar-refractivity contribution is 5.95. The van der Waals surface area contributed by atoms with E-state index in [9.17, 15) is 18.4 Å². The molecule has 1 aliphatic rings. The van der Waals surface area contributed by atoms with Gasteiger partial charge in [0.25, 0.3) is 0 Å². The summed E-state index contributed by atoms with van der Waals surface area (Å²) in [6.07, 6.45) is 4.79. The molecule has 0 aromatic heterocycles. The maximum absolute atomic E-state index is 13.5. The normalized spacial score (nSPS) is 14.6. The summed E-state index contributed by atoms with van der Waals surface area (Å²) >= 11 is 0. The highest BCUT2D eigenvalue weighted by Gasteiger charge is 2.22. The van der Waals surface area contributed by atoms with Crippen LogP contribution in [0.5, 0.6) is 0 Å². The number of carbonyl (C=O) groups excluding carboxylic acids is 1. The number of carboxylic acids is 1. The second-order valence-corrected chi connectivity index (χ2v) is 4.25. The first kappa shape index (κ1) is 13.2. The molecule has 1 aliphatic carbocycles. The molecular weight excluding hydrogens is 256 g/mol. The van der Waals surface area contributed by atoms with E-state index in [0.29, 0.717) is 18.9 Å². The van der Waals surface area contributed by atoms with Crippen molar-refractivity contribution < 1.29 is 23.5 Å². The van der Waals surface area contributed by atoms with Crippen LogP contribution in [0.1, 0.15) is 23.2 Å². The van der Waals surface area contributed by atoms with Crippen LogP contribution in [-0.4, -0.2) is 17.0 Å². The Hall–Kier alpha value is -2.24. The van der Waals surface area contributed by atoms with Crippen molar-refractivity contribution in [2.45, 2.75) is 12.8 Å². The molecule has 0 bridgehead atoms. The molecule has 0 saturated carbocycles. The number of allylic oxidation sites excluding steroid dienone is 2. The zero-order valence-electron chi connectivity index (χ0n) is 9.82. The SMILES string of the molecule is O=C(O)c1cc(NC(=O)C2CC=CC2)c(F)cc1F. The quantitative estimate of drug-likeness (QED) is 0.827. The molecular formula is C13H11F2NO3. The molecule has 0 aliphatic heterocycles. The molecule has 0 heterocycles. The van der Waals surface area contributed by atoms with Gasteiger partial charge in [-0.2, -0.15) is 0 Å². The Morgan fingerprint density at radius 3 is 2.37 bits per heavy atom. The minimum Gasteiger partial charge on any atom is -0.478 e. The molecule has 0 atom stereocenters. The summed E-state index contributed by atoms with van der Waals surface area (Å²) in [6.45, 7) is 0. The molecule has 6 heteroatoms. The summed E-state index contributed by atoms with van der Waals surface area (Å²) in [5.41, 5.74) is -1.00. The van der Waals surface area contributed by atoms with E-state index in [1.54, 1.807) is 0 Å². The lowest BCUT2D eigenvalue weighted by Gasteiger charge is -2.12. The van der Waals surface area contributed by atoms with Gasteiger partial charge in [0, 0.05) is 12.0 Å². The number of amides is 1. The lowest BCUT2D eigenvalue weighted by atomic mass is 10.1. The number of aromatic carboxylic acids is 1. The van der Waals surface area contributed by atoms with Gasteiger partial charge in [-0.05, 0) is 18.9 Å². The number of benzene rings is 1. The number of halogens is 2. The van der Waals surface area contributed by atoms with Gasteiger partial charge in [0.15, 0.2) is 0 Å². The van der Waals surface area contributed by atoms with Gasteiger partial charge < -0.3 is 10.4 Å². The maximum atomic E-state index is 13.5. The van der Waals surface area contributed by atoms with E-state index in [1.165, 1.54) is 0 Å². The topological polar surface area (TPSA) is 66.4 Å². The Morgan fingerprint density at radius 2 is 1.79 bits per heavy atom. The van der Waals surface area contributed by atoms with Crippen molar-refractivity contribution in [3.05, 3.63) is 41.5 Å². The van der Waals surface area contributed by atoms with Crippen molar-refractivity contribution in [2.75, 3.05) is 5.32 Å². The first-order chi connectivity index (χ1) is 8.99. The van der Waals surface area contributed by atoms with Crippen LogP contribution in [0.3, 0.4) is 0 Å². The minimum absolute atomic E-state index is 0.294. The van der Waals surface area contributed by atoms with Crippen LogP contribution in [0.4, 0.5) is 14.5 Å². The highest BCUT2D eigenvalue weighted by atomic mass is 19.1. The van der Waals surface area contributed by atoms with Crippen molar-refractivity contribution in [3.63, 3.8) is 0 Å². The predicted octanol–water partition coefficient (Wildman–Crippen LogP) is 2.57. The van der Waals surface area contributed by atoms with Crippen LogP contribution < -0.4 is 5.32 Å². The van der Waals surface area contributed by atoms with Gasteiger partial charge in [-0.25, -0.2) is 13.6 Å². The monoisotopic (exact) mass is 267 g/mol. The van der Waals surface area contributed by atoms with Crippen molar-refractivity contribution >= 4 is 17.6 Å². The van der Waals surface area contributed by atoms with Crippen LogP contribution in [-0.2, 0) is 4.79 Å². The molecule has 0 unspecified atom stereocenters. The van der Waals surface area contributed by atoms with E-state index >= 15 is 0 Å². The second-order valence-electron chi connectivity index (χ2n) is 4.25. The third-order valence-corrected chi connectivity index (χ3v) is 2.92. The van der Waals surface area contributed by atoms with Crippen molar-refractivity contribution in [3.8, 4) is 0 Å². The Balaban J connectivity index is 2.22. The smallest absolute Gasteiger partial charge is 0.338 e. The second kappa shape index (κ2) is 5.17. The predicted molar refractivity (Wildman–Crippen MR) is 63.8 cm³/mol. The standard InChI is InChI=1S/C13H11F2NO3/c14-9-6-10(15)11(5-8(9)13(18)19)16-12(17)7-3-1-2-4-7/h1-2,5-7H,3-4H2,(H,16,17)(H,18,19). The molecule has 4 nitrogen and oxygen atoms in total. The molecule has 0 radical (unpaired) electrons. The largest absolute Gasteiger partial charge is 0.478 e. The Kier molecular flexibility index (Phi) is 3.59. The van der Waals surface area contributed by atoms with Crippen LogP contribution in [0.25, 0.3) is 0 Å². The third-order valence-electron chi connectivity index (χ3n) is 2.92. The molecule has 0 fully saturated rings. The van der Waals surface area contributed by atoms with E-state index in [-0.39, 0.29) is 11.6 Å². The third kappa shape index (κ3) is 2.78. The van der Waals surface area contributed by atoms with Gasteiger partial charge in [-0.1, -0.05) is 12.2 Å². The van der Waals surface area contributed by atoms with Gasteiger partial charge in [-0.15, -0.1) is 0 Å². The summed E-state index contributed by atoms with van der Waals surface area (Å²) in [4.78, 5) is 22.5.